The minimum atomic E-state index is -1.13. The van der Waals surface area contributed by atoms with Crippen molar-refractivity contribution in [1.82, 2.24) is 0 Å². The number of carbonyl (C=O) groups excluding carboxylic acids is 1. The number of nitriles is 1. The van der Waals surface area contributed by atoms with Crippen LogP contribution in [0.4, 0.5) is 5.69 Å². The molecule has 9 heteroatoms. The molecule has 0 aliphatic rings. The maximum absolute atomic E-state index is 12.4. The molecule has 2 N–H and O–H groups in total. The zero-order valence-corrected chi connectivity index (χ0v) is 17.7. The Balaban J connectivity index is 2.30. The molecule has 0 aliphatic heterocycles. The normalized spacial score (nSPS) is 10.7. The maximum atomic E-state index is 12.4. The Kier molecular flexibility index (Phi) is 7.61. The third-order valence-electron chi connectivity index (χ3n) is 3.35. The number of methoxy groups -OCH3 is 1. The van der Waals surface area contributed by atoms with Crippen molar-refractivity contribution >= 4 is 55.5 Å². The van der Waals surface area contributed by atoms with Gasteiger partial charge in [-0.15, -0.1) is 0 Å². The number of aliphatic carboxylic acids is 1. The van der Waals surface area contributed by atoms with Crippen molar-refractivity contribution < 1.29 is 24.2 Å². The molecule has 0 aliphatic carbocycles. The number of nitrogens with zero attached hydrogens (tertiary/aromatic N) is 1. The molecular formula is C19H14Br2N2O5. The molecule has 0 bridgehead atoms. The van der Waals surface area contributed by atoms with Crippen LogP contribution in [-0.4, -0.2) is 30.7 Å². The second kappa shape index (κ2) is 9.92. The molecule has 2 aromatic carbocycles. The predicted molar refractivity (Wildman–Crippen MR) is 110 cm³/mol. The van der Waals surface area contributed by atoms with Crippen molar-refractivity contribution in [3.05, 3.63) is 56.5 Å². The summed E-state index contributed by atoms with van der Waals surface area (Å²) >= 11 is 6.60. The predicted octanol–water partition coefficient (Wildman–Crippen LogP) is 4.23. The average molecular weight is 510 g/mol. The SMILES string of the molecule is COc1cc(/C=C(/C#N)C(=O)Nc2cccc(Br)c2)cc(Br)c1OCC(=O)O. The molecule has 2 rings (SSSR count). The van der Waals surface area contributed by atoms with E-state index in [0.717, 1.165) is 4.47 Å². The Hall–Kier alpha value is -2.83. The largest absolute Gasteiger partial charge is 0.493 e. The molecule has 0 saturated heterocycles. The highest BCUT2D eigenvalue weighted by Gasteiger charge is 2.15. The van der Waals surface area contributed by atoms with E-state index in [-0.39, 0.29) is 17.1 Å². The topological polar surface area (TPSA) is 109 Å². The van der Waals surface area contributed by atoms with Gasteiger partial charge in [0.1, 0.15) is 11.6 Å². The lowest BCUT2D eigenvalue weighted by molar-refractivity contribution is -0.139. The molecule has 7 nitrogen and oxygen atoms in total. The summed E-state index contributed by atoms with van der Waals surface area (Å²) in [6.07, 6.45) is 1.39. The molecule has 0 aromatic heterocycles. The van der Waals surface area contributed by atoms with Gasteiger partial charge in [-0.1, -0.05) is 22.0 Å². The summed E-state index contributed by atoms with van der Waals surface area (Å²) in [7, 11) is 1.40. The lowest BCUT2D eigenvalue weighted by Gasteiger charge is -2.12. The third-order valence-corrected chi connectivity index (χ3v) is 4.43. The zero-order chi connectivity index (χ0) is 20.7. The molecule has 0 spiro atoms. The molecule has 0 fully saturated rings. The number of ether oxygens (including phenoxy) is 2. The summed E-state index contributed by atoms with van der Waals surface area (Å²) in [4.78, 5) is 23.1. The van der Waals surface area contributed by atoms with E-state index < -0.39 is 18.5 Å². The summed E-state index contributed by atoms with van der Waals surface area (Å²) in [5.41, 5.74) is 0.914. The van der Waals surface area contributed by atoms with E-state index in [1.165, 1.54) is 19.3 Å². The Morgan fingerprint density at radius 1 is 1.29 bits per heavy atom. The monoisotopic (exact) mass is 508 g/mol. The number of rotatable bonds is 7. The van der Waals surface area contributed by atoms with E-state index >= 15 is 0 Å². The molecule has 0 unspecified atom stereocenters. The molecule has 0 saturated carbocycles. The number of carbonyl (C=O) groups is 2. The number of anilines is 1. The molecular weight excluding hydrogens is 496 g/mol. The van der Waals surface area contributed by atoms with Gasteiger partial charge in [0, 0.05) is 10.2 Å². The van der Waals surface area contributed by atoms with Gasteiger partial charge in [0.2, 0.25) is 0 Å². The summed E-state index contributed by atoms with van der Waals surface area (Å²) < 4.78 is 11.6. The van der Waals surface area contributed by atoms with E-state index in [9.17, 15) is 14.9 Å². The number of halogens is 2. The minimum absolute atomic E-state index is 0.117. The van der Waals surface area contributed by atoms with Crippen molar-refractivity contribution in [1.29, 1.82) is 5.26 Å². The van der Waals surface area contributed by atoms with Crippen molar-refractivity contribution in [2.75, 3.05) is 19.0 Å². The summed E-state index contributed by atoms with van der Waals surface area (Å²) in [5, 5.41) is 20.8. The first-order chi connectivity index (χ1) is 13.3. The van der Waals surface area contributed by atoms with Gasteiger partial charge in [-0.2, -0.15) is 5.26 Å². The van der Waals surface area contributed by atoms with Gasteiger partial charge >= 0.3 is 5.97 Å². The fourth-order valence-electron chi connectivity index (χ4n) is 2.18. The number of nitrogens with one attached hydrogen (secondary N) is 1. The standard InChI is InChI=1S/C19H14Br2N2O5/c1-27-16-7-11(6-15(21)18(16)28-10-17(24)25)5-12(9-22)19(26)23-14-4-2-3-13(20)8-14/h2-8H,10H2,1H3,(H,23,26)(H,24,25)/b12-5-. The van der Waals surface area contributed by atoms with Crippen molar-refractivity contribution in [2.24, 2.45) is 0 Å². The van der Waals surface area contributed by atoms with Gasteiger partial charge in [0.25, 0.3) is 5.91 Å². The Morgan fingerprint density at radius 3 is 2.64 bits per heavy atom. The van der Waals surface area contributed by atoms with E-state index in [4.69, 9.17) is 14.6 Å². The number of hydrogen-bond acceptors (Lipinski definition) is 5. The fraction of sp³-hybridized carbons (Fsp3) is 0.105. The Morgan fingerprint density at radius 2 is 2.04 bits per heavy atom. The first-order valence-corrected chi connectivity index (χ1v) is 9.33. The number of benzene rings is 2. The summed E-state index contributed by atoms with van der Waals surface area (Å²) in [6, 6.07) is 12.0. The Bertz CT molecular complexity index is 983. The average Bonchev–Trinajstić information content (AvgIpc) is 2.64. The second-order valence-electron chi connectivity index (χ2n) is 5.35. The van der Waals surface area contributed by atoms with Crippen LogP contribution < -0.4 is 14.8 Å². The van der Waals surface area contributed by atoms with Gasteiger partial charge < -0.3 is 19.9 Å². The number of hydrogen-bond donors (Lipinski definition) is 2. The molecule has 0 atom stereocenters. The molecule has 0 radical (unpaired) electrons. The van der Waals surface area contributed by atoms with Crippen LogP contribution in [0.5, 0.6) is 11.5 Å². The highest BCUT2D eigenvalue weighted by molar-refractivity contribution is 9.10. The van der Waals surface area contributed by atoms with Crippen LogP contribution in [0.1, 0.15) is 5.56 Å². The first-order valence-electron chi connectivity index (χ1n) is 7.75. The van der Waals surface area contributed by atoms with Crippen LogP contribution in [0.25, 0.3) is 6.08 Å². The van der Waals surface area contributed by atoms with Crippen LogP contribution in [0.3, 0.4) is 0 Å². The van der Waals surface area contributed by atoms with Gasteiger partial charge in [-0.25, -0.2) is 4.79 Å². The van der Waals surface area contributed by atoms with Gasteiger partial charge in [-0.3, -0.25) is 4.79 Å². The second-order valence-corrected chi connectivity index (χ2v) is 7.12. The van der Waals surface area contributed by atoms with Gasteiger partial charge in [0.15, 0.2) is 18.1 Å². The van der Waals surface area contributed by atoms with Crippen molar-refractivity contribution in [2.45, 2.75) is 0 Å². The number of amides is 1. The third kappa shape index (κ3) is 5.84. The van der Waals surface area contributed by atoms with E-state index in [0.29, 0.717) is 15.7 Å². The number of carboxylic acids is 1. The highest BCUT2D eigenvalue weighted by Crippen LogP contribution is 2.37. The van der Waals surface area contributed by atoms with Crippen LogP contribution in [0.2, 0.25) is 0 Å². The van der Waals surface area contributed by atoms with Gasteiger partial charge in [-0.05, 0) is 57.9 Å². The molecule has 144 valence electrons. The number of carboxylic acid groups (broad SMARTS) is 1. The van der Waals surface area contributed by atoms with Crippen LogP contribution >= 0.6 is 31.9 Å². The van der Waals surface area contributed by atoms with E-state index in [1.54, 1.807) is 24.3 Å². The summed E-state index contributed by atoms with van der Waals surface area (Å²) in [6.45, 7) is -0.539. The molecule has 2 aromatic rings. The smallest absolute Gasteiger partial charge is 0.341 e. The summed E-state index contributed by atoms with van der Waals surface area (Å²) in [5.74, 6) is -1.23. The maximum Gasteiger partial charge on any atom is 0.341 e. The first kappa shape index (κ1) is 21.5. The Labute approximate surface area is 177 Å². The van der Waals surface area contributed by atoms with Crippen LogP contribution in [-0.2, 0) is 9.59 Å². The van der Waals surface area contributed by atoms with Crippen LogP contribution in [0.15, 0.2) is 50.9 Å². The molecule has 0 heterocycles. The van der Waals surface area contributed by atoms with E-state index in [2.05, 4.69) is 37.2 Å². The minimum Gasteiger partial charge on any atom is -0.493 e. The van der Waals surface area contributed by atoms with Gasteiger partial charge in [0.05, 0.1) is 11.6 Å². The van der Waals surface area contributed by atoms with Crippen molar-refractivity contribution in [3.63, 3.8) is 0 Å². The fourth-order valence-corrected chi connectivity index (χ4v) is 3.15. The van der Waals surface area contributed by atoms with E-state index in [1.807, 2.05) is 12.1 Å². The zero-order valence-electron chi connectivity index (χ0n) is 14.5. The quantitative estimate of drug-likeness (QED) is 0.427. The molecule has 1 amide bonds. The van der Waals surface area contributed by atoms with Crippen molar-refractivity contribution in [3.8, 4) is 17.6 Å². The van der Waals surface area contributed by atoms with Crippen LogP contribution in [0, 0.1) is 11.3 Å². The highest BCUT2D eigenvalue weighted by atomic mass is 79.9. The lowest BCUT2D eigenvalue weighted by Crippen LogP contribution is -2.13. The molecule has 28 heavy (non-hydrogen) atoms. The lowest BCUT2D eigenvalue weighted by atomic mass is 10.1.